The number of rotatable bonds is 38. The van der Waals surface area contributed by atoms with Crippen molar-refractivity contribution >= 4 is 106 Å². The molecule has 0 saturated carbocycles. The molecule has 14 nitrogen and oxygen atoms in total. The van der Waals surface area contributed by atoms with Crippen molar-refractivity contribution in [3.63, 3.8) is 0 Å². The van der Waals surface area contributed by atoms with E-state index in [-0.39, 0.29) is 0 Å². The molecule has 0 unspecified atom stereocenters. The van der Waals surface area contributed by atoms with E-state index in [1.54, 1.807) is 12.2 Å². The minimum Gasteiger partial charge on any atom is -0.436 e. The fourth-order valence-corrected chi connectivity index (χ4v) is 65.8. The summed E-state index contributed by atoms with van der Waals surface area (Å²) in [7, 11) is -27.9. The molecule has 0 amide bonds. The summed E-state index contributed by atoms with van der Waals surface area (Å²) in [6.45, 7) is 48.2. The molecule has 0 heterocycles. The van der Waals surface area contributed by atoms with Crippen LogP contribution in [0.1, 0.15) is 77.0 Å². The van der Waals surface area contributed by atoms with Crippen molar-refractivity contribution in [2.75, 3.05) is 13.1 Å². The van der Waals surface area contributed by atoms with Crippen LogP contribution >= 0.6 is 0 Å². The summed E-state index contributed by atoms with van der Waals surface area (Å²) in [5, 5.41) is 0. The van der Waals surface area contributed by atoms with Gasteiger partial charge in [-0.3, -0.25) is 0 Å². The van der Waals surface area contributed by atoms with Gasteiger partial charge < -0.3 is 41.2 Å². The summed E-state index contributed by atoms with van der Waals surface area (Å²) in [6, 6.07) is 2.19. The lowest BCUT2D eigenvalue weighted by Crippen LogP contribution is -2.62. The molecule has 0 aliphatic rings. The molecule has 65 heavy (non-hydrogen) atoms. The van der Waals surface area contributed by atoms with Gasteiger partial charge in [0.15, 0.2) is 16.6 Å². The van der Waals surface area contributed by atoms with Gasteiger partial charge in [0, 0.05) is 0 Å². The molecule has 384 valence electrons. The van der Waals surface area contributed by atoms with Gasteiger partial charge >= 0.3 is 77.0 Å². The molecule has 0 saturated heterocycles. The maximum atomic E-state index is 10.2. The molecule has 0 rings (SSSR count). The molecule has 0 aromatic rings. The molecule has 0 aromatic heterocycles. The van der Waals surface area contributed by atoms with Gasteiger partial charge in [0.2, 0.25) is 12.2 Å². The number of hydrogen-bond acceptors (Lipinski definition) is 14. The van der Waals surface area contributed by atoms with E-state index in [9.17, 15) is 9.59 Å². The van der Waals surface area contributed by atoms with Crippen molar-refractivity contribution in [1.82, 2.24) is 0 Å². The lowest BCUT2D eigenvalue weighted by atomic mass is 10.1. The summed E-state index contributed by atoms with van der Waals surface area (Å²) < 4.78 is 68.6. The van der Waals surface area contributed by atoms with Gasteiger partial charge in [-0.1, -0.05) is 64.2 Å². The van der Waals surface area contributed by atoms with Crippen molar-refractivity contribution < 1.29 is 50.7 Å². The van der Waals surface area contributed by atoms with Crippen molar-refractivity contribution in [2.45, 2.75) is 233 Å². The smallest absolute Gasteiger partial charge is 0.314 e. The Morgan fingerprint density at radius 2 is 0.431 bits per heavy atom. The number of unbranched alkanes of at least 4 members (excludes halogenated alkanes) is 10. The first-order chi connectivity index (χ1) is 29.2. The third kappa shape index (κ3) is 35.5. The first kappa shape index (κ1) is 65.7. The van der Waals surface area contributed by atoms with E-state index in [2.05, 4.69) is 154 Å². The van der Waals surface area contributed by atoms with E-state index in [0.717, 1.165) is 50.6 Å². The van der Waals surface area contributed by atoms with Gasteiger partial charge in [0.05, 0.1) is 13.1 Å². The van der Waals surface area contributed by atoms with Crippen LogP contribution in [0.5, 0.6) is 0 Å². The van der Waals surface area contributed by atoms with Crippen molar-refractivity contribution in [3.8, 4) is 0 Å². The van der Waals surface area contributed by atoms with Crippen LogP contribution in [0.3, 0.4) is 0 Å². The topological polar surface area (TPSA) is 151 Å². The molecular weight excluding hydrogens is 1010 g/mol. The molecule has 0 bridgehead atoms. The Labute approximate surface area is 410 Å². The van der Waals surface area contributed by atoms with Crippen molar-refractivity contribution in [1.29, 1.82) is 0 Å². The highest BCUT2D eigenvalue weighted by molar-refractivity contribution is 6.93. The molecule has 0 fully saturated rings. The van der Waals surface area contributed by atoms with Crippen LogP contribution in [-0.4, -0.2) is 119 Å². The predicted octanol–water partition coefficient (Wildman–Crippen LogP) is 13.2. The molecule has 0 aliphatic carbocycles. The number of hydrogen-bond donors (Lipinski definition) is 0. The lowest BCUT2D eigenvalue weighted by molar-refractivity contribution is 0.255. The molecule has 0 spiro atoms. The van der Waals surface area contributed by atoms with Crippen LogP contribution in [0, 0.1) is 0 Å². The summed E-state index contributed by atoms with van der Waals surface area (Å²) in [5.41, 5.74) is 0. The molecule has 0 radical (unpaired) electrons. The summed E-state index contributed by atoms with van der Waals surface area (Å²) >= 11 is 0. The first-order valence-corrected chi connectivity index (χ1v) is 55.9. The average molecular weight is 1110 g/mol. The highest BCUT2D eigenvalue weighted by atomic mass is 28.5. The third-order valence-electron chi connectivity index (χ3n) is 9.70. The second-order valence-electron chi connectivity index (χ2n) is 22.8. The zero-order valence-corrected chi connectivity index (χ0v) is 56.6. The molecule has 0 N–H and O–H groups in total. The maximum absolute atomic E-state index is 10.2. The van der Waals surface area contributed by atoms with Crippen LogP contribution < -0.4 is 0 Å². The van der Waals surface area contributed by atoms with Crippen molar-refractivity contribution in [2.24, 2.45) is 9.98 Å². The third-order valence-corrected chi connectivity index (χ3v) is 52.6. The number of isocyanates is 2. The summed E-state index contributed by atoms with van der Waals surface area (Å²) in [6.07, 6.45) is 16.7. The molecule has 25 heteroatoms. The Hall–Kier alpha value is 0.746. The Morgan fingerprint density at radius 3 is 0.631 bits per heavy atom. The van der Waals surface area contributed by atoms with Gasteiger partial charge in [-0.2, -0.15) is 0 Å². The summed E-state index contributed by atoms with van der Waals surface area (Å²) in [4.78, 5) is 27.8. The van der Waals surface area contributed by atoms with E-state index in [1.807, 2.05) is 0 Å². The second-order valence-corrected chi connectivity index (χ2v) is 64.2. The standard InChI is InChI=1S/C40H98N2O12Si11/c1-55(2,37-33-29-25-23-27-31-35-41-39-43)45-57(5,6)47-59(9,10)49-61(13,14)51-63(17,18)53-65(21,22)54-64(19,20)52-62(15,16)50-60(11,12)48-58(7,8)46-56(3,4)38-34-30-26-24-28-32-36-42-40-44/h23-38H2,1-22H3. The van der Waals surface area contributed by atoms with Crippen LogP contribution in [-0.2, 0) is 50.7 Å². The van der Waals surface area contributed by atoms with Gasteiger partial charge in [-0.05, 0) is 169 Å². The SMILES string of the molecule is C[Si](C)(CCCCCCCCN=C=O)O[Si](C)(C)O[Si](C)(C)O[Si](C)(C)O[Si](C)(C)O[Si](C)(C)O[Si](C)(C)O[Si](C)(C)O[Si](C)(C)O[Si](C)(C)O[Si](C)(C)CCCCCCCCN=C=O. The Morgan fingerprint density at radius 1 is 0.262 bits per heavy atom. The molecule has 0 aromatic carbocycles. The second kappa shape index (κ2) is 28.1. The zero-order chi connectivity index (χ0) is 50.7. The highest BCUT2D eigenvalue weighted by Gasteiger charge is 2.51. The largest absolute Gasteiger partial charge is 0.436 e. The quantitative estimate of drug-likeness (QED) is 0.0250. The normalized spacial score (nSPS) is 14.4. The van der Waals surface area contributed by atoms with Crippen LogP contribution in [0.25, 0.3) is 0 Å². The van der Waals surface area contributed by atoms with E-state index in [0.29, 0.717) is 13.1 Å². The average Bonchev–Trinajstić information content (AvgIpc) is 3.00. The maximum Gasteiger partial charge on any atom is 0.314 e. The molecule has 0 atom stereocenters. The molecule has 0 aliphatic heterocycles. The van der Waals surface area contributed by atoms with Crippen molar-refractivity contribution in [3.05, 3.63) is 0 Å². The van der Waals surface area contributed by atoms with E-state index < -0.39 is 93.7 Å². The Balaban J connectivity index is 5.28. The Bertz CT molecular complexity index is 1380. The van der Waals surface area contributed by atoms with E-state index in [4.69, 9.17) is 41.2 Å². The predicted molar refractivity (Wildman–Crippen MR) is 294 cm³/mol. The fraction of sp³-hybridized carbons (Fsp3) is 0.950. The van der Waals surface area contributed by atoms with Gasteiger partial charge in [0.1, 0.15) is 0 Å². The molecular formula is C40H98N2O12Si11. The van der Waals surface area contributed by atoms with Crippen LogP contribution in [0.4, 0.5) is 0 Å². The number of aliphatic imine (C=N–C) groups is 2. The van der Waals surface area contributed by atoms with Gasteiger partial charge in [-0.15, -0.1) is 0 Å². The number of carbonyl (C=O) groups excluding carboxylic acids is 2. The zero-order valence-electron chi connectivity index (χ0n) is 45.6. The highest BCUT2D eigenvalue weighted by Crippen LogP contribution is 2.32. The minimum atomic E-state index is -2.76. The van der Waals surface area contributed by atoms with E-state index >= 15 is 0 Å². The lowest BCUT2D eigenvalue weighted by Gasteiger charge is -2.45. The first-order valence-electron chi connectivity index (χ1n) is 24.3. The van der Waals surface area contributed by atoms with Crippen LogP contribution in [0.15, 0.2) is 9.98 Å². The number of nitrogens with zero attached hydrogens (tertiary/aromatic N) is 2. The van der Waals surface area contributed by atoms with E-state index in [1.165, 1.54) is 38.5 Å². The van der Waals surface area contributed by atoms with Crippen LogP contribution in [0.2, 0.25) is 156 Å². The summed E-state index contributed by atoms with van der Waals surface area (Å²) in [5.74, 6) is 0. The van der Waals surface area contributed by atoms with Gasteiger partial charge in [-0.25, -0.2) is 19.6 Å². The Kier molecular flexibility index (Phi) is 28.4. The van der Waals surface area contributed by atoms with Gasteiger partial charge in [0.25, 0.3) is 0 Å². The fourth-order valence-electron chi connectivity index (χ4n) is 9.34. The minimum absolute atomic E-state index is 0.586. The monoisotopic (exact) mass is 1110 g/mol.